The van der Waals surface area contributed by atoms with Crippen LogP contribution in [0.3, 0.4) is 0 Å². The first-order chi connectivity index (χ1) is 24.8. The Labute approximate surface area is 290 Å². The largest absolute Gasteiger partial charge is 0.309 e. The molecule has 0 N–H and O–H groups in total. The van der Waals surface area contributed by atoms with Gasteiger partial charge in [0.1, 0.15) is 0 Å². The summed E-state index contributed by atoms with van der Waals surface area (Å²) >= 11 is 0. The SMILES string of the molecule is c1ccc(C2c3ccccc3-c3cc(-c4ccc(-n5c6ccc7ccccc7c6c6c7ccccc7ccc65)cc4)c4ccccc4c32)cc1. The Morgan fingerprint density at radius 3 is 1.62 bits per heavy atom. The number of benzene rings is 9. The standard InChI is InChI=1S/C49H31N/c1-2-14-34(15-3-1)46-40-20-10-9-19-39(40)43-30-42(38-18-8-11-21-41(38)47(43)46)33-22-26-35(27-23-33)50-44-28-24-31-12-4-6-16-36(31)48(44)49-37-17-7-5-13-32(37)25-29-45(49)50/h1-30,46H. The van der Waals surface area contributed by atoms with E-state index in [0.717, 1.165) is 0 Å². The van der Waals surface area contributed by atoms with E-state index in [1.54, 1.807) is 0 Å². The van der Waals surface area contributed by atoms with Crippen molar-refractivity contribution in [2.24, 2.45) is 0 Å². The molecule has 10 aromatic rings. The Kier molecular flexibility index (Phi) is 5.79. The zero-order valence-electron chi connectivity index (χ0n) is 27.3. The molecule has 11 rings (SSSR count). The van der Waals surface area contributed by atoms with Gasteiger partial charge < -0.3 is 4.57 Å². The fraction of sp³-hybridized carbons (Fsp3) is 0.0204. The van der Waals surface area contributed by atoms with Crippen LogP contribution in [0.2, 0.25) is 0 Å². The van der Waals surface area contributed by atoms with Crippen LogP contribution in [0.15, 0.2) is 182 Å². The molecule has 0 radical (unpaired) electrons. The van der Waals surface area contributed by atoms with Gasteiger partial charge in [-0.3, -0.25) is 0 Å². The molecule has 0 aliphatic heterocycles. The Bertz CT molecular complexity index is 2870. The predicted molar refractivity (Wildman–Crippen MR) is 212 cm³/mol. The van der Waals surface area contributed by atoms with Crippen molar-refractivity contribution >= 4 is 54.1 Å². The highest BCUT2D eigenvalue weighted by Crippen LogP contribution is 2.52. The minimum Gasteiger partial charge on any atom is -0.309 e. The fourth-order valence-electron chi connectivity index (χ4n) is 8.93. The van der Waals surface area contributed by atoms with Crippen LogP contribution in [0.4, 0.5) is 0 Å². The number of hydrogen-bond acceptors (Lipinski definition) is 0. The summed E-state index contributed by atoms with van der Waals surface area (Å²) in [5.74, 6) is 0.214. The fourth-order valence-corrected chi connectivity index (χ4v) is 8.93. The zero-order valence-corrected chi connectivity index (χ0v) is 27.3. The molecule has 232 valence electrons. The average molecular weight is 634 g/mol. The summed E-state index contributed by atoms with van der Waals surface area (Å²) in [7, 11) is 0. The summed E-state index contributed by atoms with van der Waals surface area (Å²) in [6, 6.07) is 67.4. The molecule has 1 atom stereocenters. The van der Waals surface area contributed by atoms with Crippen LogP contribution in [-0.2, 0) is 0 Å². The second-order valence-corrected chi connectivity index (χ2v) is 13.6. The molecule has 0 spiro atoms. The maximum Gasteiger partial charge on any atom is 0.0547 e. The summed E-state index contributed by atoms with van der Waals surface area (Å²) < 4.78 is 2.45. The monoisotopic (exact) mass is 633 g/mol. The molecular formula is C49H31N. The van der Waals surface area contributed by atoms with Gasteiger partial charge in [-0.05, 0) is 102 Å². The third kappa shape index (κ3) is 3.83. The molecular weight excluding hydrogens is 603 g/mol. The summed E-state index contributed by atoms with van der Waals surface area (Å²) in [4.78, 5) is 0. The lowest BCUT2D eigenvalue weighted by Gasteiger charge is -2.18. The summed E-state index contributed by atoms with van der Waals surface area (Å²) in [6.07, 6.45) is 0. The summed E-state index contributed by atoms with van der Waals surface area (Å²) in [5.41, 5.74) is 12.9. The van der Waals surface area contributed by atoms with Crippen molar-refractivity contribution in [2.75, 3.05) is 0 Å². The average Bonchev–Trinajstić information content (AvgIpc) is 3.72. The van der Waals surface area contributed by atoms with Crippen molar-refractivity contribution in [3.63, 3.8) is 0 Å². The molecule has 9 aromatic carbocycles. The molecule has 0 saturated carbocycles. The lowest BCUT2D eigenvalue weighted by molar-refractivity contribution is 1.03. The smallest absolute Gasteiger partial charge is 0.0547 e. The lowest BCUT2D eigenvalue weighted by Crippen LogP contribution is -2.00. The Balaban J connectivity index is 1.13. The number of nitrogens with zero attached hydrogens (tertiary/aromatic N) is 1. The highest BCUT2D eigenvalue weighted by Gasteiger charge is 2.32. The number of hydrogen-bond donors (Lipinski definition) is 0. The molecule has 1 aromatic heterocycles. The molecule has 1 heteroatoms. The lowest BCUT2D eigenvalue weighted by atomic mass is 9.85. The molecule has 0 saturated heterocycles. The Morgan fingerprint density at radius 1 is 0.380 bits per heavy atom. The predicted octanol–water partition coefficient (Wildman–Crippen LogP) is 13.1. The number of rotatable bonds is 3. The van der Waals surface area contributed by atoms with Gasteiger partial charge in [0, 0.05) is 22.4 Å². The van der Waals surface area contributed by atoms with Gasteiger partial charge >= 0.3 is 0 Å². The topological polar surface area (TPSA) is 4.93 Å². The van der Waals surface area contributed by atoms with E-state index in [4.69, 9.17) is 0 Å². The minimum absolute atomic E-state index is 0.214. The molecule has 1 heterocycles. The zero-order chi connectivity index (χ0) is 32.8. The van der Waals surface area contributed by atoms with Crippen molar-refractivity contribution in [1.29, 1.82) is 0 Å². The normalized spacial score (nSPS) is 13.8. The molecule has 0 bridgehead atoms. The highest BCUT2D eigenvalue weighted by molar-refractivity contribution is 6.28. The second-order valence-electron chi connectivity index (χ2n) is 13.6. The van der Waals surface area contributed by atoms with Crippen molar-refractivity contribution in [3.8, 4) is 27.9 Å². The van der Waals surface area contributed by atoms with E-state index in [0.29, 0.717) is 0 Å². The van der Waals surface area contributed by atoms with E-state index in [2.05, 4.69) is 187 Å². The quantitative estimate of drug-likeness (QED) is 0.182. The first-order valence-electron chi connectivity index (χ1n) is 17.5. The number of fused-ring (bicyclic) bond motifs is 12. The van der Waals surface area contributed by atoms with Crippen LogP contribution in [0, 0.1) is 0 Å². The molecule has 0 amide bonds. The molecule has 50 heavy (non-hydrogen) atoms. The van der Waals surface area contributed by atoms with Gasteiger partial charge in [-0.25, -0.2) is 0 Å². The van der Waals surface area contributed by atoms with E-state index in [1.807, 2.05) is 0 Å². The van der Waals surface area contributed by atoms with Crippen LogP contribution in [0.5, 0.6) is 0 Å². The maximum atomic E-state index is 2.45. The van der Waals surface area contributed by atoms with Crippen molar-refractivity contribution < 1.29 is 0 Å². The Morgan fingerprint density at radius 2 is 0.940 bits per heavy atom. The highest BCUT2D eigenvalue weighted by atomic mass is 15.0. The second kappa shape index (κ2) is 10.5. The van der Waals surface area contributed by atoms with Crippen LogP contribution in [-0.4, -0.2) is 4.57 Å². The van der Waals surface area contributed by atoms with Gasteiger partial charge in [-0.2, -0.15) is 0 Å². The van der Waals surface area contributed by atoms with Crippen LogP contribution < -0.4 is 0 Å². The van der Waals surface area contributed by atoms with Crippen molar-refractivity contribution in [2.45, 2.75) is 5.92 Å². The van der Waals surface area contributed by atoms with Gasteiger partial charge in [0.05, 0.1) is 11.0 Å². The van der Waals surface area contributed by atoms with Crippen molar-refractivity contribution in [1.82, 2.24) is 4.57 Å². The van der Waals surface area contributed by atoms with Crippen LogP contribution >= 0.6 is 0 Å². The van der Waals surface area contributed by atoms with E-state index in [9.17, 15) is 0 Å². The third-order valence-corrected chi connectivity index (χ3v) is 11.1. The third-order valence-electron chi connectivity index (χ3n) is 11.1. The van der Waals surface area contributed by atoms with Gasteiger partial charge in [0.25, 0.3) is 0 Å². The van der Waals surface area contributed by atoms with Crippen molar-refractivity contribution in [3.05, 3.63) is 199 Å². The Hall–Kier alpha value is -6.44. The maximum absolute atomic E-state index is 2.45. The first kappa shape index (κ1) is 27.5. The first-order valence-corrected chi connectivity index (χ1v) is 17.5. The molecule has 0 fully saturated rings. The van der Waals surface area contributed by atoms with Crippen LogP contribution in [0.25, 0.3) is 82.1 Å². The summed E-state index contributed by atoms with van der Waals surface area (Å²) in [6.45, 7) is 0. The minimum atomic E-state index is 0.214. The molecule has 1 aliphatic carbocycles. The molecule has 1 aliphatic rings. The van der Waals surface area contributed by atoms with Gasteiger partial charge in [0.15, 0.2) is 0 Å². The van der Waals surface area contributed by atoms with E-state index in [-0.39, 0.29) is 5.92 Å². The van der Waals surface area contributed by atoms with Gasteiger partial charge in [0.2, 0.25) is 0 Å². The van der Waals surface area contributed by atoms with Crippen LogP contribution in [0.1, 0.15) is 22.6 Å². The van der Waals surface area contributed by atoms with Gasteiger partial charge in [-0.1, -0.05) is 152 Å². The molecule has 1 nitrogen and oxygen atoms in total. The van der Waals surface area contributed by atoms with E-state index >= 15 is 0 Å². The molecule has 1 unspecified atom stereocenters. The van der Waals surface area contributed by atoms with E-state index in [1.165, 1.54) is 98.8 Å². The van der Waals surface area contributed by atoms with E-state index < -0.39 is 0 Å². The number of aromatic nitrogens is 1. The summed E-state index contributed by atoms with van der Waals surface area (Å²) in [5, 5.41) is 10.4. The van der Waals surface area contributed by atoms with Gasteiger partial charge in [-0.15, -0.1) is 0 Å².